The van der Waals surface area contributed by atoms with E-state index in [0.717, 1.165) is 37.6 Å². The number of halogens is 1. The Kier molecular flexibility index (Phi) is 8.21. The molecule has 3 aromatic rings. The van der Waals surface area contributed by atoms with Crippen LogP contribution < -0.4 is 20.7 Å². The maximum absolute atomic E-state index is 12.1. The summed E-state index contributed by atoms with van der Waals surface area (Å²) < 4.78 is 1.21. The number of fused-ring (bicyclic) bond motifs is 4. The van der Waals surface area contributed by atoms with Gasteiger partial charge in [-0.2, -0.15) is 5.10 Å². The summed E-state index contributed by atoms with van der Waals surface area (Å²) in [6.45, 7) is 4.32. The Morgan fingerprint density at radius 3 is 1.79 bits per heavy atom. The number of piperazine rings is 2. The van der Waals surface area contributed by atoms with E-state index in [1.165, 1.54) is 42.5 Å². The summed E-state index contributed by atoms with van der Waals surface area (Å²) in [5.74, 6) is 0.532. The number of pyridine rings is 2. The first-order valence-electron chi connectivity index (χ1n) is 14.7. The predicted molar refractivity (Wildman–Crippen MR) is 166 cm³/mol. The fraction of sp³-hybridized carbons (Fsp3) is 0.517. The molecule has 14 heteroatoms. The number of nitrogens with zero attached hydrogens (tertiary/aromatic N) is 9. The third-order valence-electron chi connectivity index (χ3n) is 8.89. The van der Waals surface area contributed by atoms with E-state index in [0.29, 0.717) is 35.7 Å². The standard InChI is InChI=1S/C17H21ClN6O.C12H16N4O2/c1-22-9-12-3-4-13(10-22)24(12)11-5-6-16(19-8-11)20-14-7-15(18)21-23(2)17(14)25;1-14-7-10-2-3-11(8-14)15(10)9-4-5-12(13-6-9)16(17)18/h5-8,12-13H,3-4,9-10H2,1-2H3,(H,19,20);4-6,10-11H,2-3,7-8H2,1H3. The Bertz CT molecular complexity index is 1490. The third kappa shape index (κ3) is 6.15. The molecule has 13 nitrogen and oxygen atoms in total. The number of aromatic nitrogens is 4. The molecule has 4 fully saturated rings. The molecule has 4 unspecified atom stereocenters. The van der Waals surface area contributed by atoms with E-state index in [1.807, 2.05) is 18.3 Å². The molecule has 4 aliphatic heterocycles. The number of likely N-dealkylation sites (tertiary alicyclic amines) is 2. The van der Waals surface area contributed by atoms with Crippen molar-refractivity contribution in [1.29, 1.82) is 0 Å². The van der Waals surface area contributed by atoms with E-state index < -0.39 is 4.92 Å². The van der Waals surface area contributed by atoms with Crippen molar-refractivity contribution in [3.05, 3.63) is 68.3 Å². The minimum Gasteiger partial charge on any atom is -0.362 e. The summed E-state index contributed by atoms with van der Waals surface area (Å²) in [5.41, 5.74) is 2.28. The van der Waals surface area contributed by atoms with Crippen molar-refractivity contribution in [2.45, 2.75) is 49.9 Å². The van der Waals surface area contributed by atoms with Crippen LogP contribution >= 0.6 is 11.6 Å². The number of hydrogen-bond acceptors (Lipinski definition) is 11. The van der Waals surface area contributed by atoms with Gasteiger partial charge in [-0.05, 0) is 67.9 Å². The van der Waals surface area contributed by atoms with Gasteiger partial charge in [0.05, 0.1) is 17.6 Å². The number of likely N-dealkylation sites (N-methyl/N-ethyl adjacent to an activating group) is 2. The van der Waals surface area contributed by atoms with Crippen LogP contribution in [0.1, 0.15) is 25.7 Å². The van der Waals surface area contributed by atoms with Crippen LogP contribution in [-0.2, 0) is 7.05 Å². The van der Waals surface area contributed by atoms with E-state index in [4.69, 9.17) is 11.6 Å². The van der Waals surface area contributed by atoms with Crippen molar-refractivity contribution in [2.75, 3.05) is 55.4 Å². The van der Waals surface area contributed by atoms with Gasteiger partial charge in [-0.15, -0.1) is 0 Å². The zero-order valence-corrected chi connectivity index (χ0v) is 25.4. The van der Waals surface area contributed by atoms with Gasteiger partial charge in [0.1, 0.15) is 11.5 Å². The molecule has 0 spiro atoms. The van der Waals surface area contributed by atoms with Crippen molar-refractivity contribution >= 4 is 40.3 Å². The lowest BCUT2D eigenvalue weighted by molar-refractivity contribution is -0.389. The van der Waals surface area contributed by atoms with Crippen molar-refractivity contribution in [1.82, 2.24) is 29.5 Å². The maximum atomic E-state index is 12.1. The number of rotatable bonds is 5. The second-order valence-electron chi connectivity index (χ2n) is 12.0. The normalized spacial score (nSPS) is 24.9. The SMILES string of the molecule is CN1CC2CCC(C1)N2c1ccc(Nc2cc(Cl)nn(C)c2=O)nc1.CN1CC2CCC(C1)N2c1ccc([N+](=O)[O-])nc1. The van der Waals surface area contributed by atoms with Crippen LogP contribution in [0.4, 0.5) is 28.7 Å². The minimum atomic E-state index is -0.456. The number of hydrogen-bond donors (Lipinski definition) is 1. The van der Waals surface area contributed by atoms with Crippen LogP contribution in [0.5, 0.6) is 0 Å². The number of nitrogens with one attached hydrogen (secondary N) is 1. The molecule has 4 saturated heterocycles. The molecule has 1 N–H and O–H groups in total. The highest BCUT2D eigenvalue weighted by Crippen LogP contribution is 2.35. The maximum Gasteiger partial charge on any atom is 0.363 e. The molecular formula is C29H37ClN10O3. The van der Waals surface area contributed by atoms with Gasteiger partial charge in [0.15, 0.2) is 11.3 Å². The van der Waals surface area contributed by atoms with Crippen molar-refractivity contribution in [3.8, 4) is 0 Å². The Labute approximate surface area is 255 Å². The van der Waals surface area contributed by atoms with E-state index in [9.17, 15) is 14.9 Å². The summed E-state index contributed by atoms with van der Waals surface area (Å²) in [5, 5.41) is 17.8. The van der Waals surface area contributed by atoms with Crippen LogP contribution in [0.15, 0.2) is 47.5 Å². The Balaban J connectivity index is 0.000000162. The van der Waals surface area contributed by atoms with Crippen molar-refractivity contribution in [2.24, 2.45) is 7.05 Å². The van der Waals surface area contributed by atoms with Gasteiger partial charge in [0.25, 0.3) is 5.56 Å². The van der Waals surface area contributed by atoms with Gasteiger partial charge in [0, 0.05) is 69.5 Å². The molecule has 7 heterocycles. The zero-order chi connectivity index (χ0) is 30.2. The summed E-state index contributed by atoms with van der Waals surface area (Å²) in [6.07, 6.45) is 8.39. The Hall–Kier alpha value is -3.81. The predicted octanol–water partition coefficient (Wildman–Crippen LogP) is 3.13. The average molecular weight is 609 g/mol. The molecule has 3 aromatic heterocycles. The monoisotopic (exact) mass is 608 g/mol. The Morgan fingerprint density at radius 1 is 0.837 bits per heavy atom. The minimum absolute atomic E-state index is 0.0831. The number of anilines is 4. The quantitative estimate of drug-likeness (QED) is 0.339. The summed E-state index contributed by atoms with van der Waals surface area (Å²) in [4.78, 5) is 40.3. The smallest absolute Gasteiger partial charge is 0.362 e. The van der Waals surface area contributed by atoms with E-state index in [2.05, 4.69) is 60.1 Å². The summed E-state index contributed by atoms with van der Waals surface area (Å²) in [6, 6.07) is 11.0. The van der Waals surface area contributed by atoms with Gasteiger partial charge in [0.2, 0.25) is 0 Å². The fourth-order valence-electron chi connectivity index (χ4n) is 7.12. The highest BCUT2D eigenvalue weighted by molar-refractivity contribution is 6.29. The van der Waals surface area contributed by atoms with E-state index >= 15 is 0 Å². The lowest BCUT2D eigenvalue weighted by Crippen LogP contribution is -2.52. The van der Waals surface area contributed by atoms with Gasteiger partial charge in [-0.3, -0.25) is 4.79 Å². The molecule has 4 bridgehead atoms. The van der Waals surface area contributed by atoms with Crippen LogP contribution in [0, 0.1) is 10.1 Å². The zero-order valence-electron chi connectivity index (χ0n) is 24.6. The molecule has 0 aromatic carbocycles. The second kappa shape index (κ2) is 12.1. The van der Waals surface area contributed by atoms with Gasteiger partial charge in [-0.1, -0.05) is 11.6 Å². The highest BCUT2D eigenvalue weighted by Gasteiger charge is 2.40. The van der Waals surface area contributed by atoms with Gasteiger partial charge in [-0.25, -0.2) is 9.67 Å². The first-order chi connectivity index (χ1) is 20.7. The van der Waals surface area contributed by atoms with Crippen LogP contribution in [-0.4, -0.2) is 98.9 Å². The summed E-state index contributed by atoms with van der Waals surface area (Å²) in [7, 11) is 5.91. The first kappa shape index (κ1) is 29.3. The molecule has 0 amide bonds. The number of nitro groups is 1. The summed E-state index contributed by atoms with van der Waals surface area (Å²) >= 11 is 5.92. The van der Waals surface area contributed by atoms with Crippen molar-refractivity contribution < 1.29 is 4.92 Å². The number of aryl methyl sites for hydroxylation is 1. The topological polar surface area (TPSA) is 129 Å². The van der Waals surface area contributed by atoms with Gasteiger partial charge < -0.3 is 35.0 Å². The third-order valence-corrected chi connectivity index (χ3v) is 9.07. The molecule has 43 heavy (non-hydrogen) atoms. The second-order valence-corrected chi connectivity index (χ2v) is 12.4. The highest BCUT2D eigenvalue weighted by atomic mass is 35.5. The van der Waals surface area contributed by atoms with Crippen LogP contribution in [0.25, 0.3) is 0 Å². The van der Waals surface area contributed by atoms with Gasteiger partial charge >= 0.3 is 5.82 Å². The molecule has 0 aliphatic carbocycles. The molecular weight excluding hydrogens is 572 g/mol. The van der Waals surface area contributed by atoms with E-state index in [-0.39, 0.29) is 16.5 Å². The molecule has 7 rings (SSSR count). The molecule has 4 atom stereocenters. The van der Waals surface area contributed by atoms with Crippen LogP contribution in [0.2, 0.25) is 5.15 Å². The molecule has 0 radical (unpaired) electrons. The first-order valence-corrected chi connectivity index (χ1v) is 15.0. The Morgan fingerprint density at radius 2 is 1.35 bits per heavy atom. The average Bonchev–Trinajstić information content (AvgIpc) is 3.41. The molecule has 4 aliphatic rings. The van der Waals surface area contributed by atoms with Crippen LogP contribution in [0.3, 0.4) is 0 Å². The van der Waals surface area contributed by atoms with Crippen molar-refractivity contribution in [3.63, 3.8) is 0 Å². The lowest BCUT2D eigenvalue weighted by atomic mass is 10.2. The largest absolute Gasteiger partial charge is 0.363 e. The molecule has 228 valence electrons. The lowest BCUT2D eigenvalue weighted by Gasteiger charge is -2.41. The molecule has 0 saturated carbocycles. The fourth-order valence-corrected chi connectivity index (χ4v) is 7.35. The van der Waals surface area contributed by atoms with E-state index in [1.54, 1.807) is 13.2 Å².